The van der Waals surface area contributed by atoms with Crippen molar-refractivity contribution in [3.05, 3.63) is 34.3 Å². The number of rotatable bonds is 3. The Labute approximate surface area is 127 Å². The van der Waals surface area contributed by atoms with Crippen LogP contribution < -0.4 is 0 Å². The number of nitrogens with zero attached hydrogens (tertiary/aromatic N) is 2. The van der Waals surface area contributed by atoms with Crippen LogP contribution in [0.4, 0.5) is 4.79 Å². The van der Waals surface area contributed by atoms with Gasteiger partial charge in [0.2, 0.25) is 0 Å². The van der Waals surface area contributed by atoms with Crippen LogP contribution in [0.1, 0.15) is 31.9 Å². The number of carbonyl (C=O) groups is 1. The third kappa shape index (κ3) is 4.02. The zero-order valence-electron chi connectivity index (χ0n) is 11.4. The number of hydrogen-bond acceptors (Lipinski definition) is 3. The van der Waals surface area contributed by atoms with Crippen LogP contribution in [0.15, 0.2) is 23.4 Å². The van der Waals surface area contributed by atoms with Crippen molar-refractivity contribution in [3.8, 4) is 0 Å². The van der Waals surface area contributed by atoms with Crippen LogP contribution >= 0.6 is 23.2 Å². The maximum atomic E-state index is 11.3. The molecule has 0 atom stereocenters. The summed E-state index contributed by atoms with van der Waals surface area (Å²) in [4.78, 5) is 12.6. The Morgan fingerprint density at radius 1 is 1.40 bits per heavy atom. The summed E-state index contributed by atoms with van der Waals surface area (Å²) in [6.45, 7) is 5.49. The molecule has 0 aliphatic rings. The summed E-state index contributed by atoms with van der Waals surface area (Å²) in [6.07, 6.45) is -1.04. The van der Waals surface area contributed by atoms with Crippen LogP contribution in [0.5, 0.6) is 0 Å². The van der Waals surface area contributed by atoms with Gasteiger partial charge in [0, 0.05) is 16.1 Å². The van der Waals surface area contributed by atoms with E-state index >= 15 is 0 Å². The molecule has 0 radical (unpaired) electrons. The molecule has 1 aromatic rings. The van der Waals surface area contributed by atoms with Crippen LogP contribution in [0.25, 0.3) is 0 Å². The summed E-state index contributed by atoms with van der Waals surface area (Å²) in [5.74, 6) is 0. The van der Waals surface area contributed by atoms with Crippen LogP contribution in [-0.4, -0.2) is 32.0 Å². The Morgan fingerprint density at radius 3 is 2.45 bits per heavy atom. The van der Waals surface area contributed by atoms with Crippen LogP contribution in [-0.2, 0) is 6.54 Å². The predicted octanol–water partition coefficient (Wildman–Crippen LogP) is 3.99. The minimum absolute atomic E-state index is 0.0828. The van der Waals surface area contributed by atoms with Crippen LogP contribution in [0.3, 0.4) is 0 Å². The third-order valence-corrected chi connectivity index (χ3v) is 3.40. The van der Waals surface area contributed by atoms with E-state index in [1.165, 1.54) is 4.90 Å². The van der Waals surface area contributed by atoms with Gasteiger partial charge in [-0.2, -0.15) is 0 Å². The van der Waals surface area contributed by atoms with Gasteiger partial charge in [0.05, 0.1) is 6.54 Å². The van der Waals surface area contributed by atoms with Gasteiger partial charge < -0.3 is 10.3 Å². The van der Waals surface area contributed by atoms with Crippen LogP contribution in [0.2, 0.25) is 5.02 Å². The molecule has 0 aliphatic carbocycles. The average molecular weight is 319 g/mol. The molecule has 1 rings (SSSR count). The molecule has 1 aromatic carbocycles. The SMILES string of the molecule is CC(C)(C)N(Cc1cc(C(Cl)=NO)ccc1Cl)C(=O)O. The van der Waals surface area contributed by atoms with E-state index in [1.54, 1.807) is 39.0 Å². The monoisotopic (exact) mass is 318 g/mol. The number of hydrogen-bond donors (Lipinski definition) is 2. The zero-order chi connectivity index (χ0) is 15.5. The van der Waals surface area contributed by atoms with E-state index in [4.69, 9.17) is 28.4 Å². The van der Waals surface area contributed by atoms with Crippen molar-refractivity contribution in [1.82, 2.24) is 4.90 Å². The maximum absolute atomic E-state index is 11.3. The number of benzene rings is 1. The van der Waals surface area contributed by atoms with Gasteiger partial charge in [-0.3, -0.25) is 4.90 Å². The molecule has 2 N–H and O–H groups in total. The summed E-state index contributed by atoms with van der Waals surface area (Å²) in [5.41, 5.74) is 0.483. The van der Waals surface area contributed by atoms with Gasteiger partial charge in [0.15, 0.2) is 5.17 Å². The van der Waals surface area contributed by atoms with Gasteiger partial charge in [-0.05, 0) is 38.5 Å². The van der Waals surface area contributed by atoms with Crippen molar-refractivity contribution in [2.75, 3.05) is 0 Å². The van der Waals surface area contributed by atoms with E-state index in [1.807, 2.05) is 0 Å². The fraction of sp³-hybridized carbons (Fsp3) is 0.385. The molecular formula is C13H16Cl2N2O3. The van der Waals surface area contributed by atoms with Crippen molar-refractivity contribution in [3.63, 3.8) is 0 Å². The number of oxime groups is 1. The molecule has 110 valence electrons. The van der Waals surface area contributed by atoms with Crippen molar-refractivity contribution in [1.29, 1.82) is 0 Å². The molecule has 5 nitrogen and oxygen atoms in total. The number of amides is 1. The lowest BCUT2D eigenvalue weighted by molar-refractivity contribution is 0.0956. The molecule has 20 heavy (non-hydrogen) atoms. The lowest BCUT2D eigenvalue weighted by Gasteiger charge is -2.33. The summed E-state index contributed by atoms with van der Waals surface area (Å²) in [7, 11) is 0. The Kier molecular flexibility index (Phi) is 5.25. The lowest BCUT2D eigenvalue weighted by atomic mass is 10.0. The Hall–Kier alpha value is -1.46. The van der Waals surface area contributed by atoms with Gasteiger partial charge in [-0.15, -0.1) is 0 Å². The first kappa shape index (κ1) is 16.6. The molecule has 0 bridgehead atoms. The van der Waals surface area contributed by atoms with E-state index in [2.05, 4.69) is 5.16 Å². The molecule has 0 unspecified atom stereocenters. The lowest BCUT2D eigenvalue weighted by Crippen LogP contribution is -2.44. The molecular weight excluding hydrogens is 303 g/mol. The normalized spacial score (nSPS) is 12.3. The second-order valence-electron chi connectivity index (χ2n) is 5.24. The molecule has 0 aliphatic heterocycles. The van der Waals surface area contributed by atoms with Crippen molar-refractivity contribution in [2.45, 2.75) is 32.9 Å². The third-order valence-electron chi connectivity index (χ3n) is 2.74. The van der Waals surface area contributed by atoms with E-state index in [0.717, 1.165) is 0 Å². The van der Waals surface area contributed by atoms with E-state index < -0.39 is 11.6 Å². The Balaban J connectivity index is 3.16. The summed E-state index contributed by atoms with van der Waals surface area (Å²) >= 11 is 11.8. The largest absolute Gasteiger partial charge is 0.465 e. The summed E-state index contributed by atoms with van der Waals surface area (Å²) in [5, 5.41) is 21.2. The predicted molar refractivity (Wildman–Crippen MR) is 78.9 cm³/mol. The average Bonchev–Trinajstić information content (AvgIpc) is 2.34. The van der Waals surface area contributed by atoms with Crippen molar-refractivity contribution >= 4 is 34.5 Å². The molecule has 0 aromatic heterocycles. The molecule has 0 saturated heterocycles. The van der Waals surface area contributed by atoms with Crippen LogP contribution in [0, 0.1) is 0 Å². The van der Waals surface area contributed by atoms with E-state index in [9.17, 15) is 9.90 Å². The zero-order valence-corrected chi connectivity index (χ0v) is 12.9. The highest BCUT2D eigenvalue weighted by Gasteiger charge is 2.26. The van der Waals surface area contributed by atoms with Gasteiger partial charge in [-0.25, -0.2) is 4.79 Å². The summed E-state index contributed by atoms with van der Waals surface area (Å²) < 4.78 is 0. The topological polar surface area (TPSA) is 73.1 Å². The number of carboxylic acid groups (broad SMARTS) is 1. The molecule has 0 fully saturated rings. The first-order valence-corrected chi connectivity index (χ1v) is 6.59. The van der Waals surface area contributed by atoms with E-state index in [-0.39, 0.29) is 11.7 Å². The fourth-order valence-electron chi connectivity index (χ4n) is 1.64. The summed E-state index contributed by atoms with van der Waals surface area (Å²) in [6, 6.07) is 4.78. The standard InChI is InChI=1S/C13H16Cl2N2O3/c1-13(2,3)17(12(18)19)7-9-6-8(11(15)16-20)4-5-10(9)14/h4-6,20H,7H2,1-3H3,(H,18,19). The first-order valence-electron chi connectivity index (χ1n) is 5.83. The van der Waals surface area contributed by atoms with Gasteiger partial charge in [0.1, 0.15) is 0 Å². The van der Waals surface area contributed by atoms with Gasteiger partial charge in [0.25, 0.3) is 0 Å². The maximum Gasteiger partial charge on any atom is 0.408 e. The van der Waals surface area contributed by atoms with Crippen molar-refractivity contribution < 1.29 is 15.1 Å². The quantitative estimate of drug-likeness (QED) is 0.502. The number of halogens is 2. The van der Waals surface area contributed by atoms with Crippen molar-refractivity contribution in [2.24, 2.45) is 5.16 Å². The Morgan fingerprint density at radius 2 is 2.00 bits per heavy atom. The smallest absolute Gasteiger partial charge is 0.408 e. The molecule has 0 saturated carbocycles. The molecule has 7 heteroatoms. The minimum atomic E-state index is -1.04. The second kappa shape index (κ2) is 6.33. The molecule has 1 amide bonds. The fourth-order valence-corrected chi connectivity index (χ4v) is 1.94. The molecule has 0 spiro atoms. The van der Waals surface area contributed by atoms with E-state index in [0.29, 0.717) is 16.1 Å². The highest BCUT2D eigenvalue weighted by molar-refractivity contribution is 6.69. The highest BCUT2D eigenvalue weighted by atomic mass is 35.5. The first-order chi connectivity index (χ1) is 9.16. The second-order valence-corrected chi connectivity index (χ2v) is 6.00. The Bertz CT molecular complexity index is 539. The van der Waals surface area contributed by atoms with Gasteiger partial charge >= 0.3 is 6.09 Å². The van der Waals surface area contributed by atoms with Gasteiger partial charge in [-0.1, -0.05) is 34.4 Å². The minimum Gasteiger partial charge on any atom is -0.465 e. The molecule has 0 heterocycles. The highest BCUT2D eigenvalue weighted by Crippen LogP contribution is 2.24.